The molecular formula is C9H17NO2. The molecule has 70 valence electrons. The predicted octanol–water partition coefficient (Wildman–Crippen LogP) is 1.46. The van der Waals surface area contributed by atoms with Crippen molar-refractivity contribution >= 4 is 5.91 Å². The smallest absolute Gasteiger partial charge is 0.252 e. The Bertz CT molecular complexity index is 166. The Morgan fingerprint density at radius 1 is 1.58 bits per heavy atom. The van der Waals surface area contributed by atoms with Crippen LogP contribution in [0.2, 0.25) is 0 Å². The van der Waals surface area contributed by atoms with E-state index < -0.39 is 0 Å². The zero-order chi connectivity index (χ0) is 9.72. The Balaban J connectivity index is 4.31. The van der Waals surface area contributed by atoms with Crippen LogP contribution in [0.4, 0.5) is 0 Å². The van der Waals surface area contributed by atoms with Crippen LogP contribution in [0.15, 0.2) is 12.7 Å². The van der Waals surface area contributed by atoms with E-state index in [1.165, 1.54) is 12.2 Å². The van der Waals surface area contributed by atoms with Gasteiger partial charge in [-0.05, 0) is 5.92 Å². The third kappa shape index (κ3) is 2.66. The number of rotatable bonds is 4. The van der Waals surface area contributed by atoms with Gasteiger partial charge in [0.25, 0.3) is 5.91 Å². The molecule has 0 rings (SSSR count). The molecule has 12 heavy (non-hydrogen) atoms. The number of nitrogens with zero attached hydrogens (tertiary/aromatic N) is 1. The Morgan fingerprint density at radius 2 is 2.08 bits per heavy atom. The molecule has 0 N–H and O–H groups in total. The van der Waals surface area contributed by atoms with E-state index in [-0.39, 0.29) is 17.7 Å². The van der Waals surface area contributed by atoms with Gasteiger partial charge in [0.05, 0.1) is 13.0 Å². The highest BCUT2D eigenvalue weighted by Gasteiger charge is 2.21. The molecular weight excluding hydrogens is 154 g/mol. The molecule has 0 saturated heterocycles. The first kappa shape index (κ1) is 11.2. The van der Waals surface area contributed by atoms with E-state index in [1.54, 1.807) is 13.1 Å². The molecule has 1 amide bonds. The Morgan fingerprint density at radius 3 is 2.33 bits per heavy atom. The second-order valence-electron chi connectivity index (χ2n) is 3.02. The van der Waals surface area contributed by atoms with E-state index in [4.69, 9.17) is 4.84 Å². The van der Waals surface area contributed by atoms with E-state index in [9.17, 15) is 4.79 Å². The molecule has 0 aliphatic carbocycles. The van der Waals surface area contributed by atoms with Crippen molar-refractivity contribution < 1.29 is 9.63 Å². The molecule has 0 aliphatic rings. The van der Waals surface area contributed by atoms with Gasteiger partial charge in [0.15, 0.2) is 0 Å². The molecule has 0 aliphatic heterocycles. The van der Waals surface area contributed by atoms with Gasteiger partial charge in [-0.2, -0.15) is 0 Å². The maximum absolute atomic E-state index is 11.5. The average Bonchev–Trinajstić information content (AvgIpc) is 2.03. The molecule has 0 aromatic carbocycles. The van der Waals surface area contributed by atoms with Crippen molar-refractivity contribution in [3.05, 3.63) is 12.7 Å². The van der Waals surface area contributed by atoms with Gasteiger partial charge < -0.3 is 0 Å². The molecule has 3 heteroatoms. The summed E-state index contributed by atoms with van der Waals surface area (Å²) in [6, 6.07) is 0. The third-order valence-corrected chi connectivity index (χ3v) is 1.84. The Hall–Kier alpha value is -0.830. The van der Waals surface area contributed by atoms with Crippen molar-refractivity contribution in [2.24, 2.45) is 11.8 Å². The van der Waals surface area contributed by atoms with Crippen LogP contribution in [-0.2, 0) is 9.63 Å². The first-order valence-electron chi connectivity index (χ1n) is 3.98. The lowest BCUT2D eigenvalue weighted by molar-refractivity contribution is -0.173. The third-order valence-electron chi connectivity index (χ3n) is 1.84. The fraction of sp³-hybridized carbons (Fsp3) is 0.667. The van der Waals surface area contributed by atoms with Gasteiger partial charge in [-0.15, -0.1) is 6.58 Å². The maximum atomic E-state index is 11.5. The minimum atomic E-state index is -0.157. The number of hydrogen-bond acceptors (Lipinski definition) is 2. The summed E-state index contributed by atoms with van der Waals surface area (Å²) in [6.07, 6.45) is 1.66. The van der Waals surface area contributed by atoms with Gasteiger partial charge in [-0.25, -0.2) is 5.06 Å². The van der Waals surface area contributed by atoms with E-state index >= 15 is 0 Å². The first-order chi connectivity index (χ1) is 5.54. The van der Waals surface area contributed by atoms with Crippen molar-refractivity contribution in [1.82, 2.24) is 5.06 Å². The largest absolute Gasteiger partial charge is 0.275 e. The van der Waals surface area contributed by atoms with Gasteiger partial charge in [-0.3, -0.25) is 9.63 Å². The highest BCUT2D eigenvalue weighted by Crippen LogP contribution is 2.14. The number of hydroxylamine groups is 2. The van der Waals surface area contributed by atoms with Gasteiger partial charge in [-0.1, -0.05) is 19.9 Å². The molecule has 0 spiro atoms. The average molecular weight is 171 g/mol. The lowest BCUT2D eigenvalue weighted by Crippen LogP contribution is -2.33. The fourth-order valence-corrected chi connectivity index (χ4v) is 0.958. The van der Waals surface area contributed by atoms with Crippen LogP contribution >= 0.6 is 0 Å². The normalized spacial score (nSPS) is 12.8. The lowest BCUT2D eigenvalue weighted by atomic mass is 9.95. The summed E-state index contributed by atoms with van der Waals surface area (Å²) in [5.74, 6) is 0.0463. The maximum Gasteiger partial charge on any atom is 0.252 e. The summed E-state index contributed by atoms with van der Waals surface area (Å²) in [5, 5.41) is 1.23. The summed E-state index contributed by atoms with van der Waals surface area (Å²) in [5.41, 5.74) is 0. The summed E-state index contributed by atoms with van der Waals surface area (Å²) in [6.45, 7) is 7.58. The molecule has 0 bridgehead atoms. The van der Waals surface area contributed by atoms with E-state index in [1.807, 2.05) is 13.8 Å². The van der Waals surface area contributed by atoms with Crippen LogP contribution < -0.4 is 0 Å². The summed E-state index contributed by atoms with van der Waals surface area (Å²) >= 11 is 0. The molecule has 1 atom stereocenters. The van der Waals surface area contributed by atoms with E-state index in [2.05, 4.69) is 6.58 Å². The van der Waals surface area contributed by atoms with E-state index in [0.717, 1.165) is 0 Å². The van der Waals surface area contributed by atoms with Crippen molar-refractivity contribution in [2.45, 2.75) is 13.8 Å². The monoisotopic (exact) mass is 171 g/mol. The van der Waals surface area contributed by atoms with Crippen molar-refractivity contribution in [2.75, 3.05) is 14.2 Å². The predicted molar refractivity (Wildman–Crippen MR) is 48.3 cm³/mol. The van der Waals surface area contributed by atoms with Crippen molar-refractivity contribution in [1.29, 1.82) is 0 Å². The minimum absolute atomic E-state index is 0.0532. The molecule has 0 saturated carbocycles. The van der Waals surface area contributed by atoms with Crippen LogP contribution in [0.1, 0.15) is 13.8 Å². The van der Waals surface area contributed by atoms with Crippen LogP contribution in [0.3, 0.4) is 0 Å². The highest BCUT2D eigenvalue weighted by atomic mass is 16.7. The topological polar surface area (TPSA) is 29.5 Å². The lowest BCUT2D eigenvalue weighted by Gasteiger charge is -2.21. The molecule has 0 radical (unpaired) electrons. The Kier molecular flexibility index (Phi) is 4.59. The van der Waals surface area contributed by atoms with Gasteiger partial charge in [0.1, 0.15) is 0 Å². The van der Waals surface area contributed by atoms with E-state index in [0.29, 0.717) is 0 Å². The molecule has 0 fully saturated rings. The van der Waals surface area contributed by atoms with Crippen molar-refractivity contribution in [3.8, 4) is 0 Å². The van der Waals surface area contributed by atoms with Crippen LogP contribution in [0.25, 0.3) is 0 Å². The van der Waals surface area contributed by atoms with Gasteiger partial charge >= 0.3 is 0 Å². The van der Waals surface area contributed by atoms with Crippen molar-refractivity contribution in [3.63, 3.8) is 0 Å². The SMILES string of the molecule is C=CC(C(=O)N(C)OC)C(C)C. The van der Waals surface area contributed by atoms with Crippen LogP contribution in [0.5, 0.6) is 0 Å². The number of amides is 1. The van der Waals surface area contributed by atoms with Gasteiger partial charge in [0, 0.05) is 7.05 Å². The Labute approximate surface area is 74.0 Å². The minimum Gasteiger partial charge on any atom is -0.275 e. The second-order valence-corrected chi connectivity index (χ2v) is 3.02. The van der Waals surface area contributed by atoms with Gasteiger partial charge in [0.2, 0.25) is 0 Å². The number of carbonyl (C=O) groups is 1. The molecule has 0 aromatic heterocycles. The zero-order valence-corrected chi connectivity index (χ0v) is 8.20. The molecule has 1 unspecified atom stereocenters. The van der Waals surface area contributed by atoms with Crippen LogP contribution in [0, 0.1) is 11.8 Å². The highest BCUT2D eigenvalue weighted by molar-refractivity contribution is 5.79. The van der Waals surface area contributed by atoms with Crippen LogP contribution in [-0.4, -0.2) is 25.1 Å². The zero-order valence-electron chi connectivity index (χ0n) is 8.20. The molecule has 0 aromatic rings. The molecule has 3 nitrogen and oxygen atoms in total. The second kappa shape index (κ2) is 4.93. The number of carbonyl (C=O) groups excluding carboxylic acids is 1. The standard InChI is InChI=1S/C9H17NO2/c1-6-8(7(2)3)9(11)10(4)12-5/h6-8H,1H2,2-5H3. The number of hydrogen-bond donors (Lipinski definition) is 0. The molecule has 0 heterocycles. The first-order valence-corrected chi connectivity index (χ1v) is 3.98. The quantitative estimate of drug-likeness (QED) is 0.473. The summed E-state index contributed by atoms with van der Waals surface area (Å²) < 4.78 is 0. The summed E-state index contributed by atoms with van der Waals surface area (Å²) in [4.78, 5) is 16.3. The summed E-state index contributed by atoms with van der Waals surface area (Å²) in [7, 11) is 3.07. The fourth-order valence-electron chi connectivity index (χ4n) is 0.958.